The summed E-state index contributed by atoms with van der Waals surface area (Å²) in [6.07, 6.45) is -3.52. The van der Waals surface area contributed by atoms with E-state index in [1.165, 1.54) is 36.4 Å². The summed E-state index contributed by atoms with van der Waals surface area (Å²) < 4.78 is 74.9. The molecule has 2 aliphatic rings. The normalized spacial score (nSPS) is 16.1. The number of hydrogen-bond acceptors (Lipinski definition) is 7. The van der Waals surface area contributed by atoms with Crippen molar-refractivity contribution < 1.29 is 40.7 Å². The third kappa shape index (κ3) is 9.21. The van der Waals surface area contributed by atoms with Gasteiger partial charge < -0.3 is 14.8 Å². The molecule has 246 valence electrons. The molecule has 0 atom stereocenters. The van der Waals surface area contributed by atoms with Crippen LogP contribution in [0.5, 0.6) is 11.5 Å². The van der Waals surface area contributed by atoms with Crippen LogP contribution in [0.2, 0.25) is 0 Å². The predicted octanol–water partition coefficient (Wildman–Crippen LogP) is 6.07. The van der Waals surface area contributed by atoms with Crippen LogP contribution in [0.4, 0.5) is 29.3 Å². The van der Waals surface area contributed by atoms with Gasteiger partial charge in [-0.15, -0.1) is 13.2 Å². The Balaban J connectivity index is 1.16. The lowest BCUT2D eigenvalue weighted by Gasteiger charge is -2.34. The number of carbonyl (C=O) groups is 2. The Labute approximate surface area is 265 Å². The number of carbonyl (C=O) groups excluding carboxylic acids is 2. The van der Waals surface area contributed by atoms with Gasteiger partial charge in [-0.25, -0.2) is 13.2 Å². The number of halogens is 3. The fraction of sp³-hybridized carbons (Fsp3) is 0.375. The van der Waals surface area contributed by atoms with Crippen LogP contribution >= 0.6 is 0 Å². The van der Waals surface area contributed by atoms with E-state index in [2.05, 4.69) is 20.3 Å². The number of nitrogens with zero attached hydrogens (tertiary/aromatic N) is 2. The summed E-state index contributed by atoms with van der Waals surface area (Å²) in [6.45, 7) is 4.68. The minimum atomic E-state index is -4.92. The zero-order valence-corrected chi connectivity index (χ0v) is 26.0. The molecule has 3 aromatic carbocycles. The van der Waals surface area contributed by atoms with Crippen molar-refractivity contribution >= 4 is 33.4 Å². The minimum Gasteiger partial charge on any atom is -0.410 e. The van der Waals surface area contributed by atoms with E-state index in [4.69, 9.17) is 4.74 Å². The Bertz CT molecular complexity index is 1640. The number of sulfonamides is 1. The number of anilines is 2. The van der Waals surface area contributed by atoms with Gasteiger partial charge >= 0.3 is 12.5 Å². The number of rotatable bonds is 11. The Hall–Kier alpha value is -4.14. The van der Waals surface area contributed by atoms with Gasteiger partial charge in [0.15, 0.2) is 0 Å². The molecule has 1 saturated heterocycles. The first-order valence-electron chi connectivity index (χ1n) is 15.0. The largest absolute Gasteiger partial charge is 0.573 e. The molecule has 0 aromatic heterocycles. The van der Waals surface area contributed by atoms with Crippen LogP contribution in [-0.4, -0.2) is 67.9 Å². The van der Waals surface area contributed by atoms with Crippen LogP contribution in [0.15, 0.2) is 66.7 Å². The van der Waals surface area contributed by atoms with Crippen molar-refractivity contribution in [3.63, 3.8) is 0 Å². The van der Waals surface area contributed by atoms with Gasteiger partial charge in [0.1, 0.15) is 11.5 Å². The highest BCUT2D eigenvalue weighted by Gasteiger charge is 2.33. The second kappa shape index (κ2) is 14.1. The standard InChI is InChI=1S/C32H35F3N4O6S/c1-2-19-46(42,43)39-17-15-38(16-18-39)21-22-3-9-25(10-4-22)37-31(41)44-27-12-7-23(8-13-27)28-20-26(36-30(40)24-5-6-24)11-14-29(28)45-32(33,34)35/h3-4,7-14,20,24H,2,5-6,15-19,21H2,1H3,(H,36,40)(H,37,41). The van der Waals surface area contributed by atoms with E-state index < -0.39 is 28.2 Å². The number of amides is 2. The molecular weight excluding hydrogens is 625 g/mol. The van der Waals surface area contributed by atoms with Crippen molar-refractivity contribution in [2.45, 2.75) is 39.1 Å². The topological polar surface area (TPSA) is 117 Å². The summed E-state index contributed by atoms with van der Waals surface area (Å²) in [7, 11) is -3.20. The quantitative estimate of drug-likeness (QED) is 0.257. The molecule has 0 spiro atoms. The maximum absolute atomic E-state index is 13.1. The number of piperazine rings is 1. The first-order valence-corrected chi connectivity index (χ1v) is 16.6. The zero-order chi connectivity index (χ0) is 32.9. The summed E-state index contributed by atoms with van der Waals surface area (Å²) in [4.78, 5) is 26.9. The maximum atomic E-state index is 13.1. The van der Waals surface area contributed by atoms with E-state index in [0.717, 1.165) is 24.5 Å². The van der Waals surface area contributed by atoms with Crippen molar-refractivity contribution in [1.82, 2.24) is 9.21 Å². The monoisotopic (exact) mass is 660 g/mol. The molecule has 1 aliphatic heterocycles. The summed E-state index contributed by atoms with van der Waals surface area (Å²) in [6, 6.07) is 17.0. The third-order valence-corrected chi connectivity index (χ3v) is 9.67. The Kier molecular flexibility index (Phi) is 10.2. The molecular formula is C32H35F3N4O6S. The van der Waals surface area contributed by atoms with Gasteiger partial charge in [0, 0.05) is 55.6 Å². The average molecular weight is 661 g/mol. The molecule has 0 bridgehead atoms. The van der Waals surface area contributed by atoms with E-state index in [9.17, 15) is 31.2 Å². The van der Waals surface area contributed by atoms with Crippen LogP contribution in [0, 0.1) is 5.92 Å². The minimum absolute atomic E-state index is 0.0820. The SMILES string of the molecule is CCCS(=O)(=O)N1CCN(Cc2ccc(NC(=O)Oc3ccc(-c4cc(NC(=O)C5CC5)ccc4OC(F)(F)F)cc3)cc2)CC1. The second-order valence-corrected chi connectivity index (χ2v) is 13.3. The Morgan fingerprint density at radius 2 is 1.54 bits per heavy atom. The van der Waals surface area contributed by atoms with Gasteiger partial charge in [-0.1, -0.05) is 31.2 Å². The summed E-state index contributed by atoms with van der Waals surface area (Å²) in [5.74, 6) is -0.381. The lowest BCUT2D eigenvalue weighted by molar-refractivity contribution is -0.274. The highest BCUT2D eigenvalue weighted by Crippen LogP contribution is 2.37. The molecule has 1 aliphatic carbocycles. The van der Waals surface area contributed by atoms with Crippen LogP contribution in [0.1, 0.15) is 31.7 Å². The molecule has 0 unspecified atom stereocenters. The Morgan fingerprint density at radius 3 is 2.15 bits per heavy atom. The van der Waals surface area contributed by atoms with Crippen LogP contribution in [-0.2, 0) is 21.4 Å². The molecule has 1 heterocycles. The first kappa shape index (κ1) is 33.2. The average Bonchev–Trinajstić information content (AvgIpc) is 3.85. The Morgan fingerprint density at radius 1 is 0.891 bits per heavy atom. The van der Waals surface area contributed by atoms with Gasteiger partial charge in [-0.2, -0.15) is 4.31 Å². The van der Waals surface area contributed by atoms with Crippen LogP contribution in [0.3, 0.4) is 0 Å². The number of ether oxygens (including phenoxy) is 2. The molecule has 14 heteroatoms. The van der Waals surface area contributed by atoms with Crippen LogP contribution < -0.4 is 20.1 Å². The summed E-state index contributed by atoms with van der Waals surface area (Å²) >= 11 is 0. The molecule has 1 saturated carbocycles. The van der Waals surface area contributed by atoms with Crippen molar-refractivity contribution in [3.8, 4) is 22.6 Å². The van der Waals surface area contributed by atoms with Gasteiger partial charge in [0.05, 0.1) is 5.75 Å². The van der Waals surface area contributed by atoms with E-state index in [-0.39, 0.29) is 28.9 Å². The van der Waals surface area contributed by atoms with Crippen molar-refractivity contribution in [3.05, 3.63) is 72.3 Å². The van der Waals surface area contributed by atoms with E-state index in [0.29, 0.717) is 56.1 Å². The second-order valence-electron chi connectivity index (χ2n) is 11.2. The number of hydrogen-bond donors (Lipinski definition) is 2. The lowest BCUT2D eigenvalue weighted by Crippen LogP contribution is -2.48. The molecule has 3 aromatic rings. The van der Waals surface area contributed by atoms with Crippen molar-refractivity contribution in [2.75, 3.05) is 42.6 Å². The van der Waals surface area contributed by atoms with Gasteiger partial charge in [0.25, 0.3) is 0 Å². The number of benzene rings is 3. The van der Waals surface area contributed by atoms with Gasteiger partial charge in [-0.05, 0) is 72.9 Å². The molecule has 0 radical (unpaired) electrons. The molecule has 2 N–H and O–H groups in total. The van der Waals surface area contributed by atoms with Crippen molar-refractivity contribution in [1.29, 1.82) is 0 Å². The van der Waals surface area contributed by atoms with Crippen molar-refractivity contribution in [2.24, 2.45) is 5.92 Å². The molecule has 46 heavy (non-hydrogen) atoms. The van der Waals surface area contributed by atoms with E-state index in [1.54, 1.807) is 16.4 Å². The highest BCUT2D eigenvalue weighted by molar-refractivity contribution is 7.89. The summed E-state index contributed by atoms with van der Waals surface area (Å²) in [5, 5.41) is 5.36. The number of alkyl halides is 3. The third-order valence-electron chi connectivity index (χ3n) is 7.59. The molecule has 10 nitrogen and oxygen atoms in total. The fourth-order valence-electron chi connectivity index (χ4n) is 5.09. The van der Waals surface area contributed by atoms with E-state index >= 15 is 0 Å². The molecule has 5 rings (SSSR count). The maximum Gasteiger partial charge on any atom is 0.573 e. The molecule has 2 fully saturated rings. The number of nitrogens with one attached hydrogen (secondary N) is 2. The lowest BCUT2D eigenvalue weighted by atomic mass is 10.0. The highest BCUT2D eigenvalue weighted by atomic mass is 32.2. The predicted molar refractivity (Wildman–Crippen MR) is 167 cm³/mol. The van der Waals surface area contributed by atoms with Crippen LogP contribution in [0.25, 0.3) is 11.1 Å². The van der Waals surface area contributed by atoms with Gasteiger partial charge in [-0.3, -0.25) is 15.0 Å². The zero-order valence-electron chi connectivity index (χ0n) is 25.2. The van der Waals surface area contributed by atoms with Gasteiger partial charge in [0.2, 0.25) is 15.9 Å². The summed E-state index contributed by atoms with van der Waals surface area (Å²) in [5.41, 5.74) is 2.30. The van der Waals surface area contributed by atoms with E-state index in [1.807, 2.05) is 19.1 Å². The fourth-order valence-corrected chi connectivity index (χ4v) is 6.59. The molecule has 2 amide bonds. The first-order chi connectivity index (χ1) is 21.9. The smallest absolute Gasteiger partial charge is 0.410 e.